The molecule has 1 aliphatic carbocycles. The third kappa shape index (κ3) is 7.18. The standard InChI is InChI=1S/C28H38F2N6O2S/c1-19-16-23(34-25(32-19)36-14-10-28(29,30)11-15-36)33-24(37)21-5-4-20(39-31-18-26(2,3)38)17-22(21)35-12-8-27(6-7-27)9-13-35/h4-5,16-17,31,38H,6-15,18H2,1-3H3,(H,32,33,34,37). The van der Waals surface area contributed by atoms with E-state index in [0.717, 1.165) is 36.5 Å². The van der Waals surface area contributed by atoms with Crippen molar-refractivity contribution >= 4 is 35.3 Å². The first-order chi connectivity index (χ1) is 18.4. The Morgan fingerprint density at radius 2 is 1.69 bits per heavy atom. The van der Waals surface area contributed by atoms with E-state index in [0.29, 0.717) is 35.0 Å². The van der Waals surface area contributed by atoms with Gasteiger partial charge in [0, 0.05) is 62.2 Å². The number of nitrogens with one attached hydrogen (secondary N) is 2. The number of aryl methyl sites for hydroxylation is 1. The minimum Gasteiger partial charge on any atom is -0.389 e. The summed E-state index contributed by atoms with van der Waals surface area (Å²) in [6.45, 7) is 7.88. The highest BCUT2D eigenvalue weighted by atomic mass is 32.2. The summed E-state index contributed by atoms with van der Waals surface area (Å²) in [7, 11) is 0. The zero-order valence-electron chi connectivity index (χ0n) is 22.9. The van der Waals surface area contributed by atoms with Crippen molar-refractivity contribution in [1.82, 2.24) is 14.7 Å². The number of amides is 1. The number of alkyl halides is 2. The monoisotopic (exact) mass is 560 g/mol. The number of aromatic nitrogens is 2. The van der Waals surface area contributed by atoms with E-state index in [2.05, 4.69) is 24.9 Å². The number of piperidine rings is 2. The lowest BCUT2D eigenvalue weighted by Crippen LogP contribution is -2.40. The quantitative estimate of drug-likeness (QED) is 0.388. The van der Waals surface area contributed by atoms with Crippen LogP contribution in [-0.4, -0.2) is 65.2 Å². The third-order valence-electron chi connectivity index (χ3n) is 7.89. The van der Waals surface area contributed by atoms with Crippen LogP contribution >= 0.6 is 11.9 Å². The Hall–Kier alpha value is -2.50. The second-order valence-corrected chi connectivity index (χ2v) is 12.9. The number of benzene rings is 1. The number of aliphatic hydroxyl groups is 1. The number of nitrogens with zero attached hydrogens (tertiary/aromatic N) is 4. The zero-order valence-corrected chi connectivity index (χ0v) is 23.7. The molecule has 8 nitrogen and oxygen atoms in total. The van der Waals surface area contributed by atoms with Gasteiger partial charge in [-0.25, -0.2) is 13.8 Å². The average Bonchev–Trinajstić information content (AvgIpc) is 3.62. The lowest BCUT2D eigenvalue weighted by atomic mass is 9.93. The Kier molecular flexibility index (Phi) is 7.78. The van der Waals surface area contributed by atoms with Crippen LogP contribution in [-0.2, 0) is 0 Å². The molecule has 1 aromatic heterocycles. The SMILES string of the molecule is Cc1cc(NC(=O)c2ccc(SNCC(C)(C)O)cc2N2CCC3(CC2)CC3)nc(N2CCC(F)(F)CC2)n1. The van der Waals surface area contributed by atoms with Gasteiger partial charge in [-0.2, -0.15) is 4.98 Å². The predicted octanol–water partition coefficient (Wildman–Crippen LogP) is 5.02. The minimum absolute atomic E-state index is 0.172. The van der Waals surface area contributed by atoms with Gasteiger partial charge in [-0.15, -0.1) is 0 Å². The summed E-state index contributed by atoms with van der Waals surface area (Å²) in [5.41, 5.74) is 1.77. The van der Waals surface area contributed by atoms with Crippen LogP contribution in [0.4, 0.5) is 26.2 Å². The van der Waals surface area contributed by atoms with Crippen molar-refractivity contribution in [3.63, 3.8) is 0 Å². The molecule has 2 aliphatic heterocycles. The van der Waals surface area contributed by atoms with Gasteiger partial charge in [-0.1, -0.05) is 0 Å². The highest BCUT2D eigenvalue weighted by Crippen LogP contribution is 2.54. The Morgan fingerprint density at radius 3 is 2.33 bits per heavy atom. The van der Waals surface area contributed by atoms with Crippen LogP contribution in [0.3, 0.4) is 0 Å². The Bertz CT molecular complexity index is 1200. The molecule has 1 amide bonds. The minimum atomic E-state index is -2.66. The molecule has 0 bridgehead atoms. The maximum Gasteiger partial charge on any atom is 0.258 e. The van der Waals surface area contributed by atoms with Crippen LogP contribution < -0.4 is 19.8 Å². The Balaban J connectivity index is 1.34. The maximum atomic E-state index is 13.7. The first-order valence-electron chi connectivity index (χ1n) is 13.7. The van der Waals surface area contributed by atoms with E-state index in [9.17, 15) is 18.7 Å². The molecule has 3 N–H and O–H groups in total. The van der Waals surface area contributed by atoms with Gasteiger partial charge in [0.1, 0.15) is 5.82 Å². The Morgan fingerprint density at radius 1 is 1.03 bits per heavy atom. The van der Waals surface area contributed by atoms with Gasteiger partial charge in [0.15, 0.2) is 0 Å². The fourth-order valence-electron chi connectivity index (χ4n) is 5.20. The molecule has 1 spiro atoms. The molecular formula is C28H38F2N6O2S. The van der Waals surface area contributed by atoms with E-state index in [1.807, 2.05) is 18.2 Å². The number of hydrogen-bond acceptors (Lipinski definition) is 8. The van der Waals surface area contributed by atoms with Crippen molar-refractivity contribution in [1.29, 1.82) is 0 Å². The lowest BCUT2D eigenvalue weighted by molar-refractivity contribution is -0.0222. The van der Waals surface area contributed by atoms with E-state index < -0.39 is 11.5 Å². The number of anilines is 3. The van der Waals surface area contributed by atoms with Crippen LogP contribution in [0, 0.1) is 12.3 Å². The average molecular weight is 561 g/mol. The third-order valence-corrected chi connectivity index (χ3v) is 8.67. The van der Waals surface area contributed by atoms with Crippen LogP contribution in [0.5, 0.6) is 0 Å². The lowest BCUT2D eigenvalue weighted by Gasteiger charge is -2.35. The van der Waals surface area contributed by atoms with E-state index in [1.54, 1.807) is 31.7 Å². The zero-order chi connectivity index (χ0) is 27.8. The Labute approximate surface area is 233 Å². The molecule has 39 heavy (non-hydrogen) atoms. The van der Waals surface area contributed by atoms with Crippen LogP contribution in [0.2, 0.25) is 0 Å². The smallest absolute Gasteiger partial charge is 0.258 e. The van der Waals surface area contributed by atoms with Gasteiger partial charge in [0.25, 0.3) is 11.8 Å². The van der Waals surface area contributed by atoms with Crippen molar-refractivity contribution in [3.05, 3.63) is 35.5 Å². The molecule has 1 saturated carbocycles. The highest BCUT2D eigenvalue weighted by molar-refractivity contribution is 7.97. The number of rotatable bonds is 8. The first-order valence-corrected chi connectivity index (χ1v) is 14.5. The second-order valence-electron chi connectivity index (χ2n) is 11.9. The van der Waals surface area contributed by atoms with E-state index in [1.165, 1.54) is 24.8 Å². The van der Waals surface area contributed by atoms with Crippen LogP contribution in [0.15, 0.2) is 29.2 Å². The van der Waals surface area contributed by atoms with Crippen molar-refractivity contribution in [2.24, 2.45) is 5.41 Å². The van der Waals surface area contributed by atoms with E-state index in [4.69, 9.17) is 0 Å². The van der Waals surface area contributed by atoms with Gasteiger partial charge in [0.2, 0.25) is 5.95 Å². The van der Waals surface area contributed by atoms with E-state index in [-0.39, 0.29) is 31.8 Å². The number of halogens is 2. The van der Waals surface area contributed by atoms with Gasteiger partial charge in [-0.05, 0) is 82.0 Å². The summed E-state index contributed by atoms with van der Waals surface area (Å²) in [5.74, 6) is -2.22. The number of carbonyl (C=O) groups excluding carboxylic acids is 1. The fraction of sp³-hybridized carbons (Fsp3) is 0.607. The van der Waals surface area contributed by atoms with E-state index >= 15 is 0 Å². The summed E-state index contributed by atoms with van der Waals surface area (Å²) in [4.78, 5) is 27.5. The topological polar surface area (TPSA) is 93.6 Å². The molecule has 0 unspecified atom stereocenters. The summed E-state index contributed by atoms with van der Waals surface area (Å²) < 4.78 is 30.5. The molecule has 3 fully saturated rings. The molecule has 5 rings (SSSR count). The second kappa shape index (κ2) is 10.8. The molecule has 3 aliphatic rings. The maximum absolute atomic E-state index is 13.7. The summed E-state index contributed by atoms with van der Waals surface area (Å²) >= 11 is 1.43. The summed E-state index contributed by atoms with van der Waals surface area (Å²) in [6.07, 6.45) is 4.39. The van der Waals surface area contributed by atoms with Crippen molar-refractivity contribution in [3.8, 4) is 0 Å². The van der Waals surface area contributed by atoms with Gasteiger partial charge in [-0.3, -0.25) is 9.52 Å². The van der Waals surface area contributed by atoms with Crippen LogP contribution in [0.1, 0.15) is 68.4 Å². The number of hydrogen-bond donors (Lipinski definition) is 3. The molecule has 11 heteroatoms. The summed E-state index contributed by atoms with van der Waals surface area (Å²) in [5, 5.41) is 13.0. The molecule has 3 heterocycles. The fourth-order valence-corrected chi connectivity index (χ4v) is 6.10. The molecule has 212 valence electrons. The van der Waals surface area contributed by atoms with Crippen molar-refractivity contribution in [2.45, 2.75) is 75.7 Å². The van der Waals surface area contributed by atoms with Crippen molar-refractivity contribution < 1.29 is 18.7 Å². The van der Waals surface area contributed by atoms with Crippen LogP contribution in [0.25, 0.3) is 0 Å². The molecule has 0 atom stereocenters. The predicted molar refractivity (Wildman–Crippen MR) is 151 cm³/mol. The first kappa shape index (κ1) is 28.0. The normalized spacial score (nSPS) is 20.3. The molecule has 0 radical (unpaired) electrons. The van der Waals surface area contributed by atoms with Gasteiger partial charge >= 0.3 is 0 Å². The molecule has 1 aromatic carbocycles. The molecular weight excluding hydrogens is 522 g/mol. The van der Waals surface area contributed by atoms with Gasteiger partial charge < -0.3 is 20.2 Å². The largest absolute Gasteiger partial charge is 0.389 e. The summed E-state index contributed by atoms with van der Waals surface area (Å²) in [6, 6.07) is 7.47. The van der Waals surface area contributed by atoms with Gasteiger partial charge in [0.05, 0.1) is 16.9 Å². The molecule has 2 aromatic rings. The number of carbonyl (C=O) groups is 1. The van der Waals surface area contributed by atoms with Crippen molar-refractivity contribution in [2.75, 3.05) is 47.8 Å². The molecule has 2 saturated heterocycles. The highest BCUT2D eigenvalue weighted by Gasteiger charge is 2.44.